The molecule has 0 fully saturated rings. The van der Waals surface area contributed by atoms with Crippen molar-refractivity contribution in [3.8, 4) is 5.75 Å². The molecule has 0 aliphatic heterocycles. The van der Waals surface area contributed by atoms with Crippen LogP contribution in [0.5, 0.6) is 5.75 Å². The van der Waals surface area contributed by atoms with E-state index >= 15 is 0 Å². The quantitative estimate of drug-likeness (QED) is 0.448. The summed E-state index contributed by atoms with van der Waals surface area (Å²) in [6.07, 6.45) is -0.669. The third-order valence-corrected chi connectivity index (χ3v) is 5.14. The fourth-order valence-corrected chi connectivity index (χ4v) is 3.33. The zero-order valence-electron chi connectivity index (χ0n) is 14.5. The number of imidazole rings is 1. The Bertz CT molecular complexity index is 907. The normalized spacial score (nSPS) is 12.1. The molecule has 9 heteroatoms. The summed E-state index contributed by atoms with van der Waals surface area (Å²) < 4.78 is 5.55. The van der Waals surface area contributed by atoms with Gasteiger partial charge in [-0.15, -0.1) is 0 Å². The average Bonchev–Trinajstić information content (AvgIpc) is 3.01. The molecule has 1 atom stereocenters. The highest BCUT2D eigenvalue weighted by molar-refractivity contribution is 7.99. The van der Waals surface area contributed by atoms with Crippen LogP contribution in [0, 0.1) is 6.92 Å². The van der Waals surface area contributed by atoms with E-state index in [2.05, 4.69) is 15.3 Å². The summed E-state index contributed by atoms with van der Waals surface area (Å²) in [7, 11) is 0. The van der Waals surface area contributed by atoms with Gasteiger partial charge in [0, 0.05) is 16.5 Å². The lowest BCUT2D eigenvalue weighted by Crippen LogP contribution is -2.20. The molecule has 0 spiro atoms. The summed E-state index contributed by atoms with van der Waals surface area (Å²) in [6.45, 7) is 2.08. The number of aromatic amines is 1. The Morgan fingerprint density at radius 3 is 2.85 bits per heavy atom. The van der Waals surface area contributed by atoms with E-state index in [0.29, 0.717) is 27.4 Å². The molecule has 142 valence electrons. The number of nitrogens with one attached hydrogen (secondary N) is 2. The van der Waals surface area contributed by atoms with E-state index in [1.54, 1.807) is 24.3 Å². The summed E-state index contributed by atoms with van der Waals surface area (Å²) in [5.74, 6) is 1.01. The molecule has 1 heterocycles. The van der Waals surface area contributed by atoms with Crippen LogP contribution in [-0.2, 0) is 0 Å². The first kappa shape index (κ1) is 19.3. The minimum absolute atomic E-state index is 0.140. The first-order valence-corrected chi connectivity index (χ1v) is 9.53. The van der Waals surface area contributed by atoms with Crippen LogP contribution in [0.25, 0.3) is 11.0 Å². The third kappa shape index (κ3) is 5.29. The van der Waals surface area contributed by atoms with Gasteiger partial charge in [0.1, 0.15) is 12.4 Å². The zero-order valence-corrected chi connectivity index (χ0v) is 16.1. The Kier molecular flexibility index (Phi) is 6.10. The minimum Gasteiger partial charge on any atom is -0.491 e. The van der Waals surface area contributed by atoms with E-state index in [4.69, 9.17) is 22.1 Å². The number of anilines is 1. The number of carbonyl (C=O) groups is 1. The molecule has 0 aliphatic carbocycles. The number of benzene rings is 2. The van der Waals surface area contributed by atoms with Crippen LogP contribution < -0.4 is 15.8 Å². The largest absolute Gasteiger partial charge is 0.491 e. The summed E-state index contributed by atoms with van der Waals surface area (Å²) in [4.78, 5) is 18.5. The molecular formula is C18H19ClN4O3S. The molecule has 0 saturated heterocycles. The Morgan fingerprint density at radius 2 is 2.15 bits per heavy atom. The molecule has 3 aromatic rings. The van der Waals surface area contributed by atoms with Crippen LogP contribution in [0.15, 0.2) is 41.6 Å². The average molecular weight is 407 g/mol. The van der Waals surface area contributed by atoms with Gasteiger partial charge in [-0.3, -0.25) is 0 Å². The first-order valence-electron chi connectivity index (χ1n) is 8.17. The number of thioether (sulfide) groups is 1. The molecule has 5 N–H and O–H groups in total. The number of amides is 2. The molecule has 2 amide bonds. The highest BCUT2D eigenvalue weighted by Gasteiger charge is 2.10. The van der Waals surface area contributed by atoms with Gasteiger partial charge in [-0.2, -0.15) is 0 Å². The van der Waals surface area contributed by atoms with Gasteiger partial charge in [0.25, 0.3) is 0 Å². The van der Waals surface area contributed by atoms with Crippen molar-refractivity contribution in [1.29, 1.82) is 0 Å². The van der Waals surface area contributed by atoms with Crippen molar-refractivity contribution in [3.63, 3.8) is 0 Å². The second-order valence-corrected chi connectivity index (χ2v) is 7.37. The standard InChI is InChI=1S/C18H19ClN4O3S/c1-10-6-15-16(7-14(10)19)23-18(22-15)27-9-12(24)8-26-13-4-2-11(3-5-13)21-17(20)25/h2-7,12,24H,8-9H2,1H3,(H,22,23)(H3,20,21,25). The number of nitrogens with zero attached hydrogens (tertiary/aromatic N) is 1. The van der Waals surface area contributed by atoms with Crippen molar-refractivity contribution in [2.24, 2.45) is 5.73 Å². The van der Waals surface area contributed by atoms with E-state index in [1.165, 1.54) is 11.8 Å². The maximum Gasteiger partial charge on any atom is 0.316 e. The molecule has 1 unspecified atom stereocenters. The van der Waals surface area contributed by atoms with Crippen LogP contribution in [0.2, 0.25) is 5.02 Å². The number of aliphatic hydroxyl groups excluding tert-OH is 1. The Hall–Kier alpha value is -2.42. The van der Waals surface area contributed by atoms with Crippen LogP contribution in [0.1, 0.15) is 5.56 Å². The van der Waals surface area contributed by atoms with E-state index in [1.807, 2.05) is 19.1 Å². The second-order valence-electron chi connectivity index (χ2n) is 5.95. The first-order chi connectivity index (χ1) is 12.9. The van der Waals surface area contributed by atoms with Gasteiger partial charge in [-0.1, -0.05) is 23.4 Å². The Labute approximate surface area is 165 Å². The zero-order chi connectivity index (χ0) is 19.4. The monoisotopic (exact) mass is 406 g/mol. The maximum atomic E-state index is 10.8. The van der Waals surface area contributed by atoms with Gasteiger partial charge in [0.15, 0.2) is 5.16 Å². The number of carbonyl (C=O) groups excluding carboxylic acids is 1. The second kappa shape index (κ2) is 8.51. The minimum atomic E-state index is -0.669. The van der Waals surface area contributed by atoms with Crippen LogP contribution in [0.3, 0.4) is 0 Å². The van der Waals surface area contributed by atoms with Crippen LogP contribution in [0.4, 0.5) is 10.5 Å². The van der Waals surface area contributed by atoms with Crippen molar-refractivity contribution in [2.75, 3.05) is 17.7 Å². The molecule has 3 rings (SSSR count). The lowest BCUT2D eigenvalue weighted by molar-refractivity contribution is 0.126. The van der Waals surface area contributed by atoms with E-state index in [-0.39, 0.29) is 6.61 Å². The maximum absolute atomic E-state index is 10.8. The highest BCUT2D eigenvalue weighted by Crippen LogP contribution is 2.25. The molecule has 0 bridgehead atoms. The van der Waals surface area contributed by atoms with Gasteiger partial charge in [-0.05, 0) is 48.9 Å². The number of urea groups is 1. The number of halogens is 1. The van der Waals surface area contributed by atoms with Crippen molar-refractivity contribution < 1.29 is 14.6 Å². The molecule has 0 radical (unpaired) electrons. The summed E-state index contributed by atoms with van der Waals surface area (Å²) in [5.41, 5.74) is 8.31. The number of nitrogens with two attached hydrogens (primary N) is 1. The van der Waals surface area contributed by atoms with E-state index in [0.717, 1.165) is 16.6 Å². The number of rotatable bonds is 7. The van der Waals surface area contributed by atoms with Gasteiger partial charge >= 0.3 is 6.03 Å². The number of H-pyrrole nitrogens is 1. The Balaban J connectivity index is 1.49. The van der Waals surface area contributed by atoms with E-state index < -0.39 is 12.1 Å². The van der Waals surface area contributed by atoms with Crippen molar-refractivity contribution in [1.82, 2.24) is 9.97 Å². The number of ether oxygens (including phenoxy) is 1. The SMILES string of the molecule is Cc1cc2[nH]c(SCC(O)COc3ccc(NC(N)=O)cc3)nc2cc1Cl. The highest BCUT2D eigenvalue weighted by atomic mass is 35.5. The predicted molar refractivity (Wildman–Crippen MR) is 108 cm³/mol. The van der Waals surface area contributed by atoms with Gasteiger partial charge in [0.05, 0.1) is 17.1 Å². The molecule has 2 aromatic carbocycles. The number of primary amides is 1. The lowest BCUT2D eigenvalue weighted by atomic mass is 10.2. The Morgan fingerprint density at radius 1 is 1.41 bits per heavy atom. The van der Waals surface area contributed by atoms with Crippen molar-refractivity contribution >= 4 is 46.1 Å². The smallest absolute Gasteiger partial charge is 0.316 e. The van der Waals surface area contributed by atoms with Crippen molar-refractivity contribution in [2.45, 2.75) is 18.2 Å². The van der Waals surface area contributed by atoms with Crippen LogP contribution >= 0.6 is 23.4 Å². The molecule has 1 aromatic heterocycles. The summed E-state index contributed by atoms with van der Waals surface area (Å²) >= 11 is 7.52. The number of aryl methyl sites for hydroxylation is 1. The third-order valence-electron chi connectivity index (χ3n) is 3.72. The molecule has 27 heavy (non-hydrogen) atoms. The number of aliphatic hydroxyl groups is 1. The number of hydrogen-bond acceptors (Lipinski definition) is 5. The molecular weight excluding hydrogens is 388 g/mol. The van der Waals surface area contributed by atoms with Gasteiger partial charge in [0.2, 0.25) is 0 Å². The van der Waals surface area contributed by atoms with Gasteiger partial charge in [-0.25, -0.2) is 9.78 Å². The predicted octanol–water partition coefficient (Wildman–Crippen LogP) is 3.55. The number of aromatic nitrogens is 2. The van der Waals surface area contributed by atoms with Crippen molar-refractivity contribution in [3.05, 3.63) is 47.0 Å². The topological polar surface area (TPSA) is 113 Å². The molecule has 0 aliphatic rings. The van der Waals surface area contributed by atoms with E-state index in [9.17, 15) is 9.90 Å². The molecule has 0 saturated carbocycles. The van der Waals surface area contributed by atoms with Crippen LogP contribution in [-0.4, -0.2) is 39.6 Å². The lowest BCUT2D eigenvalue weighted by Gasteiger charge is -2.12. The fraction of sp³-hybridized carbons (Fsp3) is 0.222. The fourth-order valence-electron chi connectivity index (χ4n) is 2.38. The summed E-state index contributed by atoms with van der Waals surface area (Å²) in [6, 6.07) is 9.87. The summed E-state index contributed by atoms with van der Waals surface area (Å²) in [5, 5.41) is 14.0. The number of fused-ring (bicyclic) bond motifs is 1. The molecule has 7 nitrogen and oxygen atoms in total. The van der Waals surface area contributed by atoms with Gasteiger partial charge < -0.3 is 25.9 Å². The number of hydrogen-bond donors (Lipinski definition) is 4.